The van der Waals surface area contributed by atoms with Crippen molar-refractivity contribution in [3.05, 3.63) is 0 Å². The van der Waals surface area contributed by atoms with Crippen LogP contribution in [0.25, 0.3) is 0 Å². The van der Waals surface area contributed by atoms with Crippen LogP contribution in [0.1, 0.15) is 25.7 Å². The molecule has 3 unspecified atom stereocenters. The maximum atomic E-state index is 12.6. The lowest BCUT2D eigenvalue weighted by Gasteiger charge is -2.30. The van der Waals surface area contributed by atoms with Crippen molar-refractivity contribution in [2.24, 2.45) is 5.92 Å². The molecule has 3 atom stereocenters. The largest absolute Gasteiger partial charge is 0.345 e. The second-order valence-electron chi connectivity index (χ2n) is 5.80. The van der Waals surface area contributed by atoms with Gasteiger partial charge in [-0.25, -0.2) is 0 Å². The Morgan fingerprint density at radius 1 is 1.26 bits per heavy atom. The predicted octanol–water partition coefficient (Wildman–Crippen LogP) is 0.239. The fourth-order valence-electron chi connectivity index (χ4n) is 3.58. The molecule has 2 amide bonds. The molecule has 3 fully saturated rings. The van der Waals surface area contributed by atoms with Gasteiger partial charge in [0.1, 0.15) is 0 Å². The van der Waals surface area contributed by atoms with Gasteiger partial charge in [-0.3, -0.25) is 9.59 Å². The van der Waals surface area contributed by atoms with E-state index in [0.29, 0.717) is 25.0 Å². The van der Waals surface area contributed by atoms with Gasteiger partial charge < -0.3 is 15.1 Å². The Morgan fingerprint density at radius 3 is 2.68 bits per heavy atom. The van der Waals surface area contributed by atoms with Crippen LogP contribution < -0.4 is 5.32 Å². The standard InChI is InChI=1S/C13H21N3O2.ClH/c1-15-8-9(6-12(15)17)13(18)16-10-2-3-11(16)7-14-5-4-10;/h9-11,14H,2-8H2,1H3;1H. The first-order valence-corrected chi connectivity index (χ1v) is 6.93. The second-order valence-corrected chi connectivity index (χ2v) is 5.80. The molecule has 0 radical (unpaired) electrons. The molecule has 3 aliphatic heterocycles. The Hall–Kier alpha value is -0.810. The molecule has 5 nitrogen and oxygen atoms in total. The van der Waals surface area contributed by atoms with E-state index in [-0.39, 0.29) is 30.1 Å². The quantitative estimate of drug-likeness (QED) is 0.752. The van der Waals surface area contributed by atoms with Crippen molar-refractivity contribution in [1.82, 2.24) is 15.1 Å². The molecule has 19 heavy (non-hydrogen) atoms. The van der Waals surface area contributed by atoms with Gasteiger partial charge in [-0.15, -0.1) is 12.4 Å². The highest BCUT2D eigenvalue weighted by Crippen LogP contribution is 2.31. The average Bonchev–Trinajstić information content (AvgIpc) is 2.78. The SMILES string of the molecule is CN1CC(C(=O)N2C3CCNCC2CC3)CC1=O.Cl. The van der Waals surface area contributed by atoms with Gasteiger partial charge in [0.15, 0.2) is 0 Å². The molecule has 3 rings (SSSR count). The Labute approximate surface area is 120 Å². The minimum absolute atomic E-state index is 0. The van der Waals surface area contributed by atoms with Crippen molar-refractivity contribution in [1.29, 1.82) is 0 Å². The molecule has 6 heteroatoms. The van der Waals surface area contributed by atoms with E-state index in [1.807, 2.05) is 0 Å². The van der Waals surface area contributed by atoms with Crippen molar-refractivity contribution in [2.75, 3.05) is 26.7 Å². The van der Waals surface area contributed by atoms with Crippen molar-refractivity contribution in [2.45, 2.75) is 37.8 Å². The highest BCUT2D eigenvalue weighted by Gasteiger charge is 2.43. The summed E-state index contributed by atoms with van der Waals surface area (Å²) in [5.74, 6) is 0.209. The van der Waals surface area contributed by atoms with Gasteiger partial charge >= 0.3 is 0 Å². The number of carbonyl (C=O) groups is 2. The summed E-state index contributed by atoms with van der Waals surface area (Å²) in [6, 6.07) is 0.754. The van der Waals surface area contributed by atoms with Crippen molar-refractivity contribution in [3.8, 4) is 0 Å². The van der Waals surface area contributed by atoms with E-state index < -0.39 is 0 Å². The number of nitrogens with zero attached hydrogens (tertiary/aromatic N) is 2. The zero-order valence-electron chi connectivity index (χ0n) is 11.3. The number of halogens is 1. The maximum Gasteiger partial charge on any atom is 0.228 e. The van der Waals surface area contributed by atoms with Crippen LogP contribution >= 0.6 is 12.4 Å². The topological polar surface area (TPSA) is 52.7 Å². The summed E-state index contributed by atoms with van der Waals surface area (Å²) in [6.07, 6.45) is 3.70. The van der Waals surface area contributed by atoms with Gasteiger partial charge in [-0.05, 0) is 25.8 Å². The molecular weight excluding hydrogens is 266 g/mol. The summed E-state index contributed by atoms with van der Waals surface area (Å²) in [5, 5.41) is 3.40. The van der Waals surface area contributed by atoms with Gasteiger partial charge in [-0.2, -0.15) is 0 Å². The predicted molar refractivity (Wildman–Crippen MR) is 74.1 cm³/mol. The molecular formula is C13H22ClN3O2. The third-order valence-electron chi connectivity index (χ3n) is 4.60. The highest BCUT2D eigenvalue weighted by atomic mass is 35.5. The van der Waals surface area contributed by atoms with Crippen LogP contribution in [0.3, 0.4) is 0 Å². The lowest BCUT2D eigenvalue weighted by molar-refractivity contribution is -0.138. The second kappa shape index (κ2) is 5.67. The van der Waals surface area contributed by atoms with Crippen LogP contribution in [-0.2, 0) is 9.59 Å². The number of rotatable bonds is 1. The summed E-state index contributed by atoms with van der Waals surface area (Å²) in [4.78, 5) is 28.0. The van der Waals surface area contributed by atoms with Crippen LogP contribution in [0.2, 0.25) is 0 Å². The zero-order valence-corrected chi connectivity index (χ0v) is 12.1. The summed E-state index contributed by atoms with van der Waals surface area (Å²) in [6.45, 7) is 2.52. The van der Waals surface area contributed by atoms with Crippen LogP contribution in [0, 0.1) is 5.92 Å². The number of hydrogen-bond acceptors (Lipinski definition) is 3. The normalized spacial score (nSPS) is 34.2. The molecule has 0 aromatic carbocycles. The molecule has 0 aromatic rings. The van der Waals surface area contributed by atoms with E-state index in [1.54, 1.807) is 11.9 Å². The van der Waals surface area contributed by atoms with Crippen molar-refractivity contribution >= 4 is 24.2 Å². The summed E-state index contributed by atoms with van der Waals surface area (Å²) in [5.41, 5.74) is 0. The number of likely N-dealkylation sites (tertiary alicyclic amines) is 1. The lowest BCUT2D eigenvalue weighted by atomic mass is 10.1. The van der Waals surface area contributed by atoms with Crippen molar-refractivity contribution in [3.63, 3.8) is 0 Å². The third-order valence-corrected chi connectivity index (χ3v) is 4.60. The van der Waals surface area contributed by atoms with Gasteiger partial charge in [0.2, 0.25) is 11.8 Å². The van der Waals surface area contributed by atoms with Gasteiger partial charge in [0, 0.05) is 38.6 Å². The molecule has 0 aromatic heterocycles. The number of nitrogens with one attached hydrogen (secondary N) is 1. The molecule has 1 N–H and O–H groups in total. The van der Waals surface area contributed by atoms with E-state index >= 15 is 0 Å². The Kier molecular flexibility index (Phi) is 4.36. The van der Waals surface area contributed by atoms with E-state index in [1.165, 1.54) is 0 Å². The van der Waals surface area contributed by atoms with Gasteiger partial charge in [0.05, 0.1) is 5.92 Å². The highest BCUT2D eigenvalue weighted by molar-refractivity contribution is 5.89. The molecule has 3 saturated heterocycles. The van der Waals surface area contributed by atoms with Gasteiger partial charge in [-0.1, -0.05) is 0 Å². The van der Waals surface area contributed by atoms with Crippen LogP contribution in [0.4, 0.5) is 0 Å². The first-order valence-electron chi connectivity index (χ1n) is 6.93. The Balaban J connectivity index is 0.00000133. The lowest BCUT2D eigenvalue weighted by Crippen LogP contribution is -2.46. The maximum absolute atomic E-state index is 12.6. The third kappa shape index (κ3) is 2.58. The van der Waals surface area contributed by atoms with Crippen LogP contribution in [-0.4, -0.2) is 60.4 Å². The van der Waals surface area contributed by atoms with Crippen LogP contribution in [0.15, 0.2) is 0 Å². The number of amides is 2. The molecule has 3 heterocycles. The number of carbonyl (C=O) groups excluding carboxylic acids is 2. The summed E-state index contributed by atoms with van der Waals surface area (Å²) >= 11 is 0. The van der Waals surface area contributed by atoms with E-state index in [0.717, 1.165) is 32.4 Å². The first-order chi connectivity index (χ1) is 8.66. The fraction of sp³-hybridized carbons (Fsp3) is 0.846. The summed E-state index contributed by atoms with van der Waals surface area (Å²) < 4.78 is 0. The molecule has 0 aliphatic carbocycles. The fourth-order valence-corrected chi connectivity index (χ4v) is 3.58. The average molecular weight is 288 g/mol. The Bertz CT molecular complexity index is 363. The molecule has 3 aliphatic rings. The monoisotopic (exact) mass is 287 g/mol. The molecule has 0 saturated carbocycles. The smallest absolute Gasteiger partial charge is 0.228 e. The van der Waals surface area contributed by atoms with Crippen LogP contribution in [0.5, 0.6) is 0 Å². The minimum atomic E-state index is -0.108. The van der Waals surface area contributed by atoms with E-state index in [4.69, 9.17) is 0 Å². The Morgan fingerprint density at radius 2 is 2.00 bits per heavy atom. The number of fused-ring (bicyclic) bond motifs is 2. The molecule has 2 bridgehead atoms. The molecule has 0 spiro atoms. The van der Waals surface area contributed by atoms with E-state index in [2.05, 4.69) is 10.2 Å². The first kappa shape index (κ1) is 14.6. The minimum Gasteiger partial charge on any atom is -0.345 e. The summed E-state index contributed by atoms with van der Waals surface area (Å²) in [7, 11) is 1.79. The van der Waals surface area contributed by atoms with E-state index in [9.17, 15) is 9.59 Å². The zero-order chi connectivity index (χ0) is 12.7. The number of hydrogen-bond donors (Lipinski definition) is 1. The molecule has 108 valence electrons. The van der Waals surface area contributed by atoms with Gasteiger partial charge in [0.25, 0.3) is 0 Å². The van der Waals surface area contributed by atoms with Crippen molar-refractivity contribution < 1.29 is 9.59 Å².